The first-order chi connectivity index (χ1) is 13.9. The molecule has 0 spiro atoms. The second kappa shape index (κ2) is 11.5. The van der Waals surface area contributed by atoms with Crippen LogP contribution in [0.25, 0.3) is 0 Å². The molecule has 3 rings (SSSR count). The Morgan fingerprint density at radius 3 is 2.00 bits per heavy atom. The molecule has 8 heteroatoms. The van der Waals surface area contributed by atoms with E-state index in [2.05, 4.69) is 62.1 Å². The van der Waals surface area contributed by atoms with E-state index >= 15 is 0 Å². The summed E-state index contributed by atoms with van der Waals surface area (Å²) in [7, 11) is 1.74. The summed E-state index contributed by atoms with van der Waals surface area (Å²) in [5, 5.41) is 14.8. The van der Waals surface area contributed by atoms with Crippen LogP contribution in [0.15, 0.2) is 53.0 Å². The fourth-order valence-corrected chi connectivity index (χ4v) is 3.47. The maximum absolute atomic E-state index is 9.10. The molecule has 7 nitrogen and oxygen atoms in total. The van der Waals surface area contributed by atoms with Crippen molar-refractivity contribution in [1.29, 1.82) is 0 Å². The third-order valence-electron chi connectivity index (χ3n) is 4.53. The van der Waals surface area contributed by atoms with Crippen LogP contribution in [0.2, 0.25) is 0 Å². The molecule has 0 bridgehead atoms. The Morgan fingerprint density at radius 2 is 1.48 bits per heavy atom. The van der Waals surface area contributed by atoms with Gasteiger partial charge in [0.2, 0.25) is 0 Å². The van der Waals surface area contributed by atoms with Crippen molar-refractivity contribution in [1.82, 2.24) is 9.80 Å². The van der Waals surface area contributed by atoms with Gasteiger partial charge in [0.1, 0.15) is 5.75 Å². The molecule has 0 unspecified atom stereocenters. The Kier molecular flexibility index (Phi) is 9.11. The van der Waals surface area contributed by atoms with Gasteiger partial charge in [-0.15, -0.1) is 0 Å². The Hall–Kier alpha value is -2.42. The number of halogens is 1. The van der Waals surface area contributed by atoms with Gasteiger partial charge in [-0.05, 0) is 23.8 Å². The van der Waals surface area contributed by atoms with E-state index in [-0.39, 0.29) is 0 Å². The molecule has 156 valence electrons. The molecule has 0 saturated carbocycles. The topological polar surface area (TPSA) is 90.3 Å². The largest absolute Gasteiger partial charge is 0.496 e. The molecule has 1 fully saturated rings. The Balaban J connectivity index is 0.000000438. The van der Waals surface area contributed by atoms with Crippen molar-refractivity contribution >= 4 is 27.9 Å². The molecule has 1 heterocycles. The zero-order valence-corrected chi connectivity index (χ0v) is 17.8. The number of hydrogen-bond donors (Lipinski definition) is 2. The van der Waals surface area contributed by atoms with Crippen molar-refractivity contribution in [2.75, 3.05) is 33.3 Å². The number of aliphatic carboxylic acids is 2. The minimum atomic E-state index is -1.82. The SMILES string of the molecule is COc1ccc(Br)cc1CN1CCN(Cc2ccccc2)CC1.O=C(O)C(=O)O. The van der Waals surface area contributed by atoms with E-state index in [0.717, 1.165) is 49.5 Å². The number of rotatable bonds is 5. The summed E-state index contributed by atoms with van der Waals surface area (Å²) in [4.78, 5) is 23.2. The van der Waals surface area contributed by atoms with E-state index < -0.39 is 11.9 Å². The van der Waals surface area contributed by atoms with Gasteiger partial charge in [-0.1, -0.05) is 46.3 Å². The maximum Gasteiger partial charge on any atom is 0.414 e. The van der Waals surface area contributed by atoms with Crippen molar-refractivity contribution in [2.24, 2.45) is 0 Å². The van der Waals surface area contributed by atoms with Crippen molar-refractivity contribution in [3.8, 4) is 5.75 Å². The predicted octanol–water partition coefficient (Wildman–Crippen LogP) is 2.93. The lowest BCUT2D eigenvalue weighted by Crippen LogP contribution is -2.45. The highest BCUT2D eigenvalue weighted by atomic mass is 79.9. The van der Waals surface area contributed by atoms with Gasteiger partial charge in [-0.2, -0.15) is 0 Å². The third-order valence-corrected chi connectivity index (χ3v) is 5.03. The molecule has 0 amide bonds. The van der Waals surface area contributed by atoms with Gasteiger partial charge in [0.15, 0.2) is 0 Å². The van der Waals surface area contributed by atoms with E-state index in [1.165, 1.54) is 11.1 Å². The highest BCUT2D eigenvalue weighted by Gasteiger charge is 2.18. The summed E-state index contributed by atoms with van der Waals surface area (Å²) in [6.07, 6.45) is 0. The molecular formula is C21H25BrN2O5. The number of methoxy groups -OCH3 is 1. The molecule has 0 aromatic heterocycles. The molecule has 2 N–H and O–H groups in total. The van der Waals surface area contributed by atoms with Gasteiger partial charge in [0, 0.05) is 49.3 Å². The lowest BCUT2D eigenvalue weighted by molar-refractivity contribution is -0.159. The average Bonchev–Trinajstić information content (AvgIpc) is 2.71. The number of hydrogen-bond acceptors (Lipinski definition) is 5. The molecule has 1 aliphatic rings. The van der Waals surface area contributed by atoms with Crippen LogP contribution in [-0.4, -0.2) is 65.2 Å². The van der Waals surface area contributed by atoms with Gasteiger partial charge < -0.3 is 14.9 Å². The number of nitrogens with zero attached hydrogens (tertiary/aromatic N) is 2. The Bertz CT molecular complexity index is 796. The van der Waals surface area contributed by atoms with Gasteiger partial charge in [-0.25, -0.2) is 9.59 Å². The minimum absolute atomic E-state index is 0.946. The zero-order chi connectivity index (χ0) is 21.2. The number of benzene rings is 2. The van der Waals surface area contributed by atoms with E-state index in [1.807, 2.05) is 12.1 Å². The molecule has 0 radical (unpaired) electrons. The second-order valence-electron chi connectivity index (χ2n) is 6.60. The van der Waals surface area contributed by atoms with Crippen LogP contribution in [0.4, 0.5) is 0 Å². The number of piperazine rings is 1. The smallest absolute Gasteiger partial charge is 0.414 e. The summed E-state index contributed by atoms with van der Waals surface area (Å²) in [6, 6.07) is 16.9. The molecule has 1 aliphatic heterocycles. The summed E-state index contributed by atoms with van der Waals surface area (Å²) >= 11 is 3.55. The first-order valence-corrected chi connectivity index (χ1v) is 9.95. The van der Waals surface area contributed by atoms with Crippen LogP contribution < -0.4 is 4.74 Å². The van der Waals surface area contributed by atoms with Crippen molar-refractivity contribution in [2.45, 2.75) is 13.1 Å². The zero-order valence-electron chi connectivity index (χ0n) is 16.3. The number of carboxylic acids is 2. The van der Waals surface area contributed by atoms with Crippen molar-refractivity contribution in [3.63, 3.8) is 0 Å². The third kappa shape index (κ3) is 7.84. The molecule has 2 aromatic carbocycles. The van der Waals surface area contributed by atoms with Crippen LogP contribution in [0.3, 0.4) is 0 Å². The van der Waals surface area contributed by atoms with Crippen LogP contribution in [0.5, 0.6) is 5.75 Å². The lowest BCUT2D eigenvalue weighted by Gasteiger charge is -2.35. The number of carboxylic acid groups (broad SMARTS) is 2. The number of ether oxygens (including phenoxy) is 1. The van der Waals surface area contributed by atoms with E-state index in [1.54, 1.807) is 7.11 Å². The Labute approximate surface area is 178 Å². The van der Waals surface area contributed by atoms with Gasteiger partial charge in [-0.3, -0.25) is 9.80 Å². The minimum Gasteiger partial charge on any atom is -0.496 e. The monoisotopic (exact) mass is 464 g/mol. The maximum atomic E-state index is 9.10. The van der Waals surface area contributed by atoms with Crippen LogP contribution in [0, 0.1) is 0 Å². The summed E-state index contributed by atoms with van der Waals surface area (Å²) < 4.78 is 6.59. The lowest BCUT2D eigenvalue weighted by atomic mass is 10.1. The first-order valence-electron chi connectivity index (χ1n) is 9.16. The van der Waals surface area contributed by atoms with Crippen molar-refractivity contribution < 1.29 is 24.5 Å². The molecule has 1 saturated heterocycles. The predicted molar refractivity (Wildman–Crippen MR) is 113 cm³/mol. The van der Waals surface area contributed by atoms with E-state index in [9.17, 15) is 0 Å². The van der Waals surface area contributed by atoms with Crippen LogP contribution >= 0.6 is 15.9 Å². The van der Waals surface area contributed by atoms with Gasteiger partial charge in [0.25, 0.3) is 0 Å². The molecule has 0 aliphatic carbocycles. The molecule has 0 atom stereocenters. The molecule has 29 heavy (non-hydrogen) atoms. The normalized spacial score (nSPS) is 14.6. The fraction of sp³-hybridized carbons (Fsp3) is 0.333. The highest BCUT2D eigenvalue weighted by molar-refractivity contribution is 9.10. The fourth-order valence-electron chi connectivity index (χ4n) is 3.06. The molecular weight excluding hydrogens is 440 g/mol. The summed E-state index contributed by atoms with van der Waals surface area (Å²) in [6.45, 7) is 6.43. The average molecular weight is 465 g/mol. The van der Waals surface area contributed by atoms with Gasteiger partial charge in [0.05, 0.1) is 7.11 Å². The summed E-state index contributed by atoms with van der Waals surface area (Å²) in [5.41, 5.74) is 2.65. The van der Waals surface area contributed by atoms with Crippen LogP contribution in [-0.2, 0) is 22.7 Å². The van der Waals surface area contributed by atoms with Crippen LogP contribution in [0.1, 0.15) is 11.1 Å². The van der Waals surface area contributed by atoms with E-state index in [0.29, 0.717) is 0 Å². The second-order valence-corrected chi connectivity index (χ2v) is 7.52. The first kappa shape index (κ1) is 22.9. The Morgan fingerprint density at radius 1 is 0.931 bits per heavy atom. The van der Waals surface area contributed by atoms with E-state index in [4.69, 9.17) is 24.5 Å². The number of carbonyl (C=O) groups is 2. The highest BCUT2D eigenvalue weighted by Crippen LogP contribution is 2.24. The standard InChI is InChI=1S/C19H23BrN2O.C2H2O4/c1-23-19-8-7-18(20)13-17(19)15-22-11-9-21(10-12-22)14-16-5-3-2-4-6-16;3-1(4)2(5)6/h2-8,13H,9-12,14-15H2,1H3;(H,3,4)(H,5,6). The quantitative estimate of drug-likeness (QED) is 0.657. The molecule has 2 aromatic rings. The van der Waals surface area contributed by atoms with Gasteiger partial charge >= 0.3 is 11.9 Å². The van der Waals surface area contributed by atoms with Crippen molar-refractivity contribution in [3.05, 3.63) is 64.1 Å². The summed E-state index contributed by atoms with van der Waals surface area (Å²) in [5.74, 6) is -2.68.